The lowest BCUT2D eigenvalue weighted by Gasteiger charge is -2.36. The molecule has 0 aromatic heterocycles. The number of halogens is 4. The fourth-order valence-corrected chi connectivity index (χ4v) is 4.82. The van der Waals surface area contributed by atoms with Crippen molar-refractivity contribution in [3.8, 4) is 5.75 Å². The van der Waals surface area contributed by atoms with Crippen molar-refractivity contribution in [1.29, 1.82) is 0 Å². The molecule has 3 rings (SSSR count). The van der Waals surface area contributed by atoms with E-state index in [1.54, 1.807) is 19.1 Å². The van der Waals surface area contributed by atoms with Crippen LogP contribution in [0, 0.1) is 5.82 Å². The molecule has 2 aromatic carbocycles. The summed E-state index contributed by atoms with van der Waals surface area (Å²) >= 11 is 0. The molecule has 1 N–H and O–H groups in total. The van der Waals surface area contributed by atoms with Crippen LogP contribution in [0.25, 0.3) is 0 Å². The number of rotatable bonds is 7. The Hall–Kier alpha value is -2.70. The second-order valence-electron chi connectivity index (χ2n) is 7.48. The second-order valence-corrected chi connectivity index (χ2v) is 9.42. The van der Waals surface area contributed by atoms with Gasteiger partial charge in [0.25, 0.3) is 0 Å². The van der Waals surface area contributed by atoms with Gasteiger partial charge in [-0.3, -0.25) is 9.69 Å². The zero-order valence-corrected chi connectivity index (χ0v) is 18.5. The minimum absolute atomic E-state index is 0.124. The Balaban J connectivity index is 1.53. The van der Waals surface area contributed by atoms with Gasteiger partial charge in [-0.25, -0.2) is 12.8 Å². The molecule has 33 heavy (non-hydrogen) atoms. The number of hydrogen-bond acceptors (Lipinski definition) is 5. The highest BCUT2D eigenvalue weighted by Gasteiger charge is 2.33. The van der Waals surface area contributed by atoms with Gasteiger partial charge in [-0.05, 0) is 48.9 Å². The molecule has 1 aliphatic heterocycles. The average Bonchev–Trinajstić information content (AvgIpc) is 2.77. The Morgan fingerprint density at radius 2 is 1.61 bits per heavy atom. The molecule has 1 unspecified atom stereocenters. The van der Waals surface area contributed by atoms with Crippen molar-refractivity contribution in [1.82, 2.24) is 14.5 Å². The number of piperazine rings is 1. The van der Waals surface area contributed by atoms with Crippen molar-refractivity contribution in [3.05, 3.63) is 59.9 Å². The van der Waals surface area contributed by atoms with Gasteiger partial charge in [-0.1, -0.05) is 12.1 Å². The van der Waals surface area contributed by atoms with Crippen LogP contribution in [0.5, 0.6) is 5.75 Å². The summed E-state index contributed by atoms with van der Waals surface area (Å²) in [6.45, 7) is 2.81. The molecule has 1 atom stereocenters. The van der Waals surface area contributed by atoms with E-state index in [4.69, 9.17) is 0 Å². The number of amides is 1. The number of ether oxygens (including phenoxy) is 1. The van der Waals surface area contributed by atoms with Crippen LogP contribution in [-0.2, 0) is 21.4 Å². The van der Waals surface area contributed by atoms with Crippen molar-refractivity contribution in [2.24, 2.45) is 0 Å². The van der Waals surface area contributed by atoms with E-state index in [0.29, 0.717) is 13.1 Å². The molecule has 0 bridgehead atoms. The highest BCUT2D eigenvalue weighted by atomic mass is 32.2. The standard InChI is InChI=1S/C21H23F4N3O4S/c1-15(20(29)26-14-16-2-4-17(22)5-3-16)27-10-12-28(13-11-27)33(30,31)19-8-6-18(7-9-19)32-21(23,24)25/h2-9,15H,10-14H2,1H3,(H,26,29). The quantitative estimate of drug-likeness (QED) is 0.606. The summed E-state index contributed by atoms with van der Waals surface area (Å²) in [5, 5.41) is 2.78. The third kappa shape index (κ3) is 6.65. The van der Waals surface area contributed by atoms with E-state index in [9.17, 15) is 30.8 Å². The van der Waals surface area contributed by atoms with E-state index in [1.165, 1.54) is 16.4 Å². The largest absolute Gasteiger partial charge is 0.573 e. The van der Waals surface area contributed by atoms with Gasteiger partial charge in [0.15, 0.2) is 0 Å². The zero-order valence-electron chi connectivity index (χ0n) is 17.7. The van der Waals surface area contributed by atoms with Gasteiger partial charge in [0, 0.05) is 32.7 Å². The summed E-state index contributed by atoms with van der Waals surface area (Å²) in [6.07, 6.45) is -4.86. The third-order valence-electron chi connectivity index (χ3n) is 5.28. The summed E-state index contributed by atoms with van der Waals surface area (Å²) in [5.41, 5.74) is 0.750. The molecule has 1 aliphatic rings. The van der Waals surface area contributed by atoms with E-state index >= 15 is 0 Å². The first kappa shape index (κ1) is 24.9. The summed E-state index contributed by atoms with van der Waals surface area (Å²) in [4.78, 5) is 14.2. The molecule has 0 radical (unpaired) electrons. The third-order valence-corrected chi connectivity index (χ3v) is 7.19. The zero-order chi connectivity index (χ0) is 24.2. The molecule has 1 amide bonds. The first-order valence-corrected chi connectivity index (χ1v) is 11.5. The van der Waals surface area contributed by atoms with E-state index in [-0.39, 0.29) is 36.3 Å². The number of hydrogen-bond donors (Lipinski definition) is 1. The van der Waals surface area contributed by atoms with Crippen LogP contribution in [0.2, 0.25) is 0 Å². The Bertz CT molecular complexity index is 1050. The molecule has 1 fully saturated rings. The summed E-state index contributed by atoms with van der Waals surface area (Å²) in [5.74, 6) is -1.11. The molecule has 0 aliphatic carbocycles. The lowest BCUT2D eigenvalue weighted by Crippen LogP contribution is -2.54. The molecule has 0 saturated carbocycles. The smallest absolute Gasteiger partial charge is 0.406 e. The van der Waals surface area contributed by atoms with Crippen LogP contribution in [-0.4, -0.2) is 62.1 Å². The van der Waals surface area contributed by atoms with Crippen LogP contribution in [0.1, 0.15) is 12.5 Å². The van der Waals surface area contributed by atoms with Gasteiger partial charge in [-0.2, -0.15) is 4.31 Å². The number of carbonyl (C=O) groups excluding carboxylic acids is 1. The summed E-state index contributed by atoms with van der Waals surface area (Å²) in [6, 6.07) is 9.28. The lowest BCUT2D eigenvalue weighted by molar-refractivity contribution is -0.274. The molecule has 2 aromatic rings. The predicted molar refractivity (Wildman–Crippen MR) is 111 cm³/mol. The van der Waals surface area contributed by atoms with Gasteiger partial charge in [0.2, 0.25) is 15.9 Å². The average molecular weight is 489 g/mol. The SMILES string of the molecule is CC(C(=O)NCc1ccc(F)cc1)N1CCN(S(=O)(=O)c2ccc(OC(F)(F)F)cc2)CC1. The minimum Gasteiger partial charge on any atom is -0.406 e. The van der Waals surface area contributed by atoms with Gasteiger partial charge >= 0.3 is 6.36 Å². The number of sulfonamides is 1. The summed E-state index contributed by atoms with van der Waals surface area (Å²) < 4.78 is 80.4. The first-order chi connectivity index (χ1) is 15.5. The highest BCUT2D eigenvalue weighted by Crippen LogP contribution is 2.25. The monoisotopic (exact) mass is 489 g/mol. The molecule has 1 heterocycles. The molecule has 0 spiro atoms. The molecule has 180 valence electrons. The maximum atomic E-state index is 13.0. The molecule has 12 heteroatoms. The van der Waals surface area contributed by atoms with Crippen LogP contribution < -0.4 is 10.1 Å². The number of carbonyl (C=O) groups is 1. The normalized spacial score (nSPS) is 16.9. The van der Waals surface area contributed by atoms with Crippen molar-refractivity contribution < 1.29 is 35.5 Å². The van der Waals surface area contributed by atoms with Crippen LogP contribution in [0.4, 0.5) is 17.6 Å². The molecule has 7 nitrogen and oxygen atoms in total. The van der Waals surface area contributed by atoms with Crippen molar-refractivity contribution >= 4 is 15.9 Å². The van der Waals surface area contributed by atoms with Crippen LogP contribution >= 0.6 is 0 Å². The number of alkyl halides is 3. The van der Waals surface area contributed by atoms with E-state index in [1.807, 2.05) is 4.90 Å². The fraction of sp³-hybridized carbons (Fsp3) is 0.381. The minimum atomic E-state index is -4.86. The summed E-state index contributed by atoms with van der Waals surface area (Å²) in [7, 11) is -3.90. The fourth-order valence-electron chi connectivity index (χ4n) is 3.40. The topological polar surface area (TPSA) is 79.0 Å². The Morgan fingerprint density at radius 3 is 2.15 bits per heavy atom. The van der Waals surface area contributed by atoms with E-state index in [0.717, 1.165) is 29.8 Å². The van der Waals surface area contributed by atoms with Gasteiger partial charge in [0.1, 0.15) is 11.6 Å². The van der Waals surface area contributed by atoms with E-state index < -0.39 is 28.2 Å². The number of nitrogens with one attached hydrogen (secondary N) is 1. The molecular formula is C21H23F4N3O4S. The Kier molecular flexibility index (Phi) is 7.60. The van der Waals surface area contributed by atoms with Crippen LogP contribution in [0.15, 0.2) is 53.4 Å². The van der Waals surface area contributed by atoms with E-state index in [2.05, 4.69) is 10.1 Å². The first-order valence-electron chi connectivity index (χ1n) is 10.1. The van der Waals surface area contributed by atoms with Crippen molar-refractivity contribution in [2.45, 2.75) is 30.8 Å². The number of nitrogens with zero attached hydrogens (tertiary/aromatic N) is 2. The van der Waals surface area contributed by atoms with Gasteiger partial charge in [-0.15, -0.1) is 13.2 Å². The number of benzene rings is 2. The maximum absolute atomic E-state index is 13.0. The Labute approximate surface area is 189 Å². The lowest BCUT2D eigenvalue weighted by atomic mass is 10.2. The van der Waals surface area contributed by atoms with Gasteiger partial charge < -0.3 is 10.1 Å². The van der Waals surface area contributed by atoms with Gasteiger partial charge in [0.05, 0.1) is 10.9 Å². The predicted octanol–water partition coefficient (Wildman–Crippen LogP) is 2.74. The van der Waals surface area contributed by atoms with Crippen molar-refractivity contribution in [3.63, 3.8) is 0 Å². The molecule has 1 saturated heterocycles. The highest BCUT2D eigenvalue weighted by molar-refractivity contribution is 7.89. The van der Waals surface area contributed by atoms with Crippen LogP contribution in [0.3, 0.4) is 0 Å². The maximum Gasteiger partial charge on any atom is 0.573 e. The van der Waals surface area contributed by atoms with Crippen molar-refractivity contribution in [2.75, 3.05) is 26.2 Å². The molecular weight excluding hydrogens is 466 g/mol. The Morgan fingerprint density at radius 1 is 1.03 bits per heavy atom. The second kappa shape index (κ2) is 10.1.